The van der Waals surface area contributed by atoms with Crippen LogP contribution < -0.4 is 11.3 Å². The van der Waals surface area contributed by atoms with Crippen molar-refractivity contribution in [1.29, 1.82) is 0 Å². The summed E-state index contributed by atoms with van der Waals surface area (Å²) in [6.45, 7) is 0. The van der Waals surface area contributed by atoms with Gasteiger partial charge >= 0.3 is 0 Å². The average Bonchev–Trinajstić information content (AvgIpc) is 2.51. The Kier molecular flexibility index (Phi) is 1.38. The van der Waals surface area contributed by atoms with Crippen molar-refractivity contribution in [2.75, 3.05) is 0 Å². The fourth-order valence-electron chi connectivity index (χ4n) is 0.949. The molecular formula is C6H5N5O2. The number of nitrogens with zero attached hydrogens (tertiary/aromatic N) is 3. The molecule has 0 aromatic carbocycles. The van der Waals surface area contributed by atoms with Crippen LogP contribution in [0.4, 0.5) is 0 Å². The number of hydrogen-bond donors (Lipinski definition) is 2. The van der Waals surface area contributed by atoms with E-state index in [0.29, 0.717) is 0 Å². The Balaban J connectivity index is 2.85. The minimum absolute atomic E-state index is 0.0860. The second-order valence-electron chi connectivity index (χ2n) is 2.37. The van der Waals surface area contributed by atoms with Crippen LogP contribution in [0.3, 0.4) is 0 Å². The Bertz CT molecular complexity index is 525. The van der Waals surface area contributed by atoms with Crippen LogP contribution in [0.2, 0.25) is 0 Å². The molecule has 66 valence electrons. The summed E-state index contributed by atoms with van der Waals surface area (Å²) in [6.07, 6.45) is 1.30. The van der Waals surface area contributed by atoms with Crippen LogP contribution in [0.1, 0.15) is 10.5 Å². The Morgan fingerprint density at radius 1 is 1.62 bits per heavy atom. The van der Waals surface area contributed by atoms with E-state index in [0.717, 1.165) is 10.6 Å². The molecule has 0 unspecified atom stereocenters. The third-order valence-corrected chi connectivity index (χ3v) is 1.52. The number of fused-ring (bicyclic) bond motifs is 1. The Morgan fingerprint density at radius 2 is 2.38 bits per heavy atom. The van der Waals surface area contributed by atoms with Gasteiger partial charge < -0.3 is 5.73 Å². The lowest BCUT2D eigenvalue weighted by molar-refractivity contribution is 0.0995. The number of carbonyl (C=O) groups is 1. The number of primary amides is 1. The minimum atomic E-state index is -0.748. The van der Waals surface area contributed by atoms with Crippen molar-refractivity contribution in [3.05, 3.63) is 28.4 Å². The molecule has 0 aliphatic carbocycles. The summed E-state index contributed by atoms with van der Waals surface area (Å²) in [4.78, 5) is 29.4. The summed E-state index contributed by atoms with van der Waals surface area (Å²) in [6, 6.07) is 1.05. The molecule has 2 rings (SSSR count). The molecule has 0 saturated heterocycles. The number of aromatic nitrogens is 4. The molecule has 0 radical (unpaired) electrons. The summed E-state index contributed by atoms with van der Waals surface area (Å²) >= 11 is 0. The topological polar surface area (TPSA) is 106 Å². The van der Waals surface area contributed by atoms with E-state index in [4.69, 9.17) is 5.73 Å². The van der Waals surface area contributed by atoms with Gasteiger partial charge in [-0.1, -0.05) is 0 Å². The van der Waals surface area contributed by atoms with Crippen molar-refractivity contribution in [1.82, 2.24) is 19.6 Å². The number of amides is 1. The summed E-state index contributed by atoms with van der Waals surface area (Å²) < 4.78 is 1.10. The van der Waals surface area contributed by atoms with Crippen molar-refractivity contribution in [2.24, 2.45) is 5.73 Å². The highest BCUT2D eigenvalue weighted by atomic mass is 16.1. The third-order valence-electron chi connectivity index (χ3n) is 1.52. The standard InChI is InChI=1S/C6H5N5O2/c7-5(13)3-1-4(12)11-6(10-3)8-2-9-11/h1-2H,(H2,7,13)(H,8,9,10). The maximum atomic E-state index is 11.2. The fraction of sp³-hybridized carbons (Fsp3) is 0. The molecule has 0 atom stereocenters. The van der Waals surface area contributed by atoms with E-state index in [1.807, 2.05) is 0 Å². The second kappa shape index (κ2) is 2.41. The molecule has 2 heterocycles. The Morgan fingerprint density at radius 3 is 3.08 bits per heavy atom. The molecule has 3 N–H and O–H groups in total. The lowest BCUT2D eigenvalue weighted by Crippen LogP contribution is -2.21. The number of aromatic amines is 1. The third kappa shape index (κ3) is 1.06. The van der Waals surface area contributed by atoms with Gasteiger partial charge in [-0.25, -0.2) is 9.97 Å². The molecule has 7 nitrogen and oxygen atoms in total. The number of nitrogens with two attached hydrogens (primary N) is 1. The van der Waals surface area contributed by atoms with E-state index in [9.17, 15) is 9.59 Å². The first-order valence-electron chi connectivity index (χ1n) is 3.41. The largest absolute Gasteiger partial charge is 0.364 e. The Labute approximate surface area is 71.2 Å². The number of nitrogens with one attached hydrogen (secondary N) is 1. The first-order valence-corrected chi connectivity index (χ1v) is 3.41. The zero-order valence-corrected chi connectivity index (χ0v) is 6.39. The van der Waals surface area contributed by atoms with Gasteiger partial charge in [-0.2, -0.15) is 4.52 Å². The summed E-state index contributed by atoms with van der Waals surface area (Å²) in [5, 5.41) is 2.53. The Hall–Kier alpha value is -2.18. The lowest BCUT2D eigenvalue weighted by Gasteiger charge is -1.93. The second-order valence-corrected chi connectivity index (χ2v) is 2.37. The molecule has 0 bridgehead atoms. The molecular weight excluding hydrogens is 174 g/mol. The first kappa shape index (κ1) is 7.47. The molecule has 13 heavy (non-hydrogen) atoms. The summed E-state index contributed by atoms with van der Waals surface area (Å²) in [7, 11) is 0. The molecule has 0 aliphatic rings. The van der Waals surface area contributed by atoms with Gasteiger partial charge in [0.15, 0.2) is 0 Å². The monoisotopic (exact) mass is 179 g/mol. The van der Waals surface area contributed by atoms with Crippen LogP contribution in [0, 0.1) is 0 Å². The quantitative estimate of drug-likeness (QED) is 0.556. The van der Waals surface area contributed by atoms with Crippen molar-refractivity contribution in [3.8, 4) is 0 Å². The van der Waals surface area contributed by atoms with Crippen LogP contribution in [-0.2, 0) is 0 Å². The van der Waals surface area contributed by atoms with Crippen LogP contribution >= 0.6 is 0 Å². The van der Waals surface area contributed by atoms with E-state index in [1.54, 1.807) is 0 Å². The van der Waals surface area contributed by atoms with Crippen LogP contribution in [-0.4, -0.2) is 25.5 Å². The zero-order valence-electron chi connectivity index (χ0n) is 6.39. The van der Waals surface area contributed by atoms with Gasteiger partial charge in [-0.15, -0.1) is 0 Å². The van der Waals surface area contributed by atoms with E-state index in [2.05, 4.69) is 15.1 Å². The van der Waals surface area contributed by atoms with Gasteiger partial charge in [0, 0.05) is 6.07 Å². The smallest absolute Gasteiger partial charge is 0.274 e. The first-order chi connectivity index (χ1) is 6.18. The van der Waals surface area contributed by atoms with Gasteiger partial charge in [0.25, 0.3) is 17.2 Å². The lowest BCUT2D eigenvalue weighted by atomic mass is 10.4. The number of H-pyrrole nitrogens is 1. The van der Waals surface area contributed by atoms with E-state index in [-0.39, 0.29) is 11.5 Å². The van der Waals surface area contributed by atoms with Crippen molar-refractivity contribution in [3.63, 3.8) is 0 Å². The highest BCUT2D eigenvalue weighted by Gasteiger charge is 2.07. The summed E-state index contributed by atoms with van der Waals surface area (Å²) in [5.41, 5.74) is 4.45. The zero-order chi connectivity index (χ0) is 9.42. The van der Waals surface area contributed by atoms with Crippen LogP contribution in [0.5, 0.6) is 0 Å². The molecule has 0 saturated carbocycles. The van der Waals surface area contributed by atoms with E-state index < -0.39 is 11.5 Å². The number of hydrogen-bond acceptors (Lipinski definition) is 4. The maximum Gasteiger partial charge on any atom is 0.274 e. The van der Waals surface area contributed by atoms with Gasteiger partial charge in [0.2, 0.25) is 0 Å². The van der Waals surface area contributed by atoms with Crippen molar-refractivity contribution >= 4 is 11.7 Å². The molecule has 2 aromatic rings. The van der Waals surface area contributed by atoms with Gasteiger partial charge in [0.05, 0.1) is 0 Å². The van der Waals surface area contributed by atoms with Gasteiger partial charge in [0.1, 0.15) is 12.0 Å². The number of carbonyl (C=O) groups excluding carboxylic acids is 1. The molecule has 0 aliphatic heterocycles. The van der Waals surface area contributed by atoms with Crippen LogP contribution in [0.15, 0.2) is 17.2 Å². The average molecular weight is 179 g/mol. The van der Waals surface area contributed by atoms with Gasteiger partial charge in [-0.05, 0) is 0 Å². The van der Waals surface area contributed by atoms with Crippen LogP contribution in [0.25, 0.3) is 5.78 Å². The normalized spacial score (nSPS) is 10.5. The fourth-order valence-corrected chi connectivity index (χ4v) is 0.949. The van der Waals surface area contributed by atoms with Crippen molar-refractivity contribution < 1.29 is 4.79 Å². The predicted molar refractivity (Wildman–Crippen MR) is 42.1 cm³/mol. The SMILES string of the molecule is NC(=O)c1cc(=O)n2[nH]cnc2n1. The molecule has 2 aromatic heterocycles. The highest BCUT2D eigenvalue weighted by molar-refractivity contribution is 5.90. The predicted octanol–water partition coefficient (Wildman–Crippen LogP) is -1.48. The van der Waals surface area contributed by atoms with E-state index >= 15 is 0 Å². The maximum absolute atomic E-state index is 11.2. The van der Waals surface area contributed by atoms with Crippen molar-refractivity contribution in [2.45, 2.75) is 0 Å². The van der Waals surface area contributed by atoms with Gasteiger partial charge in [-0.3, -0.25) is 14.7 Å². The molecule has 1 amide bonds. The summed E-state index contributed by atoms with van der Waals surface area (Å²) in [5.74, 6) is -0.621. The highest BCUT2D eigenvalue weighted by Crippen LogP contribution is 1.91. The molecule has 0 spiro atoms. The number of rotatable bonds is 1. The van der Waals surface area contributed by atoms with E-state index in [1.165, 1.54) is 6.33 Å². The molecule has 0 fully saturated rings. The minimum Gasteiger partial charge on any atom is -0.364 e. The molecule has 7 heteroatoms.